The number of amides is 1. The molecule has 1 amide bonds. The molecule has 1 aliphatic rings. The van der Waals surface area contributed by atoms with E-state index in [1.54, 1.807) is 24.3 Å². The average molecular weight is 447 g/mol. The van der Waals surface area contributed by atoms with Gasteiger partial charge in [-0.25, -0.2) is 9.59 Å². The summed E-state index contributed by atoms with van der Waals surface area (Å²) in [5.41, 5.74) is 5.62. The van der Waals surface area contributed by atoms with Crippen LogP contribution in [0.15, 0.2) is 84.9 Å². The van der Waals surface area contributed by atoms with Crippen LogP contribution < -0.4 is 5.32 Å². The Hall–Kier alpha value is -4.56. The van der Waals surface area contributed by atoms with Crippen LogP contribution in [0.25, 0.3) is 21.9 Å². The first-order chi connectivity index (χ1) is 16.6. The molecular weight excluding hydrogens is 426 g/mol. The van der Waals surface area contributed by atoms with Gasteiger partial charge in [-0.05, 0) is 45.2 Å². The zero-order valence-electron chi connectivity index (χ0n) is 18.2. The fourth-order valence-corrected chi connectivity index (χ4v) is 4.51. The van der Waals surface area contributed by atoms with Crippen LogP contribution in [0, 0.1) is 11.8 Å². The molecule has 5 nitrogen and oxygen atoms in total. The molecule has 0 aliphatic heterocycles. The molecule has 0 aromatic heterocycles. The van der Waals surface area contributed by atoms with Crippen molar-refractivity contribution in [2.75, 3.05) is 13.2 Å². The Morgan fingerprint density at radius 3 is 2.18 bits per heavy atom. The molecule has 0 atom stereocenters. The number of alkyl carbamates (subject to hydrolysis) is 1. The van der Waals surface area contributed by atoms with Gasteiger partial charge in [0.15, 0.2) is 0 Å². The Morgan fingerprint density at radius 2 is 1.47 bits per heavy atom. The largest absolute Gasteiger partial charge is 0.478 e. The normalized spacial score (nSPS) is 11.8. The minimum absolute atomic E-state index is 0.00310. The van der Waals surface area contributed by atoms with Crippen molar-refractivity contribution in [1.82, 2.24) is 5.32 Å². The second kappa shape index (κ2) is 9.13. The minimum atomic E-state index is -0.979. The molecule has 166 valence electrons. The van der Waals surface area contributed by atoms with Crippen LogP contribution in [0.5, 0.6) is 0 Å². The van der Waals surface area contributed by atoms with Gasteiger partial charge in [0, 0.05) is 11.5 Å². The monoisotopic (exact) mass is 447 g/mol. The van der Waals surface area contributed by atoms with Crippen molar-refractivity contribution in [1.29, 1.82) is 0 Å². The molecule has 34 heavy (non-hydrogen) atoms. The zero-order valence-corrected chi connectivity index (χ0v) is 18.2. The van der Waals surface area contributed by atoms with E-state index in [0.717, 1.165) is 16.5 Å². The van der Waals surface area contributed by atoms with Crippen molar-refractivity contribution in [3.8, 4) is 23.0 Å². The first-order valence-electron chi connectivity index (χ1n) is 11.0. The summed E-state index contributed by atoms with van der Waals surface area (Å²) in [5.74, 6) is 4.97. The van der Waals surface area contributed by atoms with Crippen LogP contribution in [-0.4, -0.2) is 30.3 Å². The Morgan fingerprint density at radius 1 is 0.824 bits per heavy atom. The molecule has 0 saturated heterocycles. The number of hydrogen-bond acceptors (Lipinski definition) is 3. The number of aromatic carboxylic acids is 1. The smallest absolute Gasteiger partial charge is 0.407 e. The molecule has 5 rings (SSSR count). The fourth-order valence-electron chi connectivity index (χ4n) is 4.51. The van der Waals surface area contributed by atoms with Crippen LogP contribution in [0.1, 0.15) is 33.0 Å². The van der Waals surface area contributed by atoms with Crippen LogP contribution in [0.4, 0.5) is 4.79 Å². The highest BCUT2D eigenvalue weighted by molar-refractivity contribution is 6.05. The lowest BCUT2D eigenvalue weighted by Crippen LogP contribution is -2.26. The minimum Gasteiger partial charge on any atom is -0.478 e. The number of ether oxygens (including phenoxy) is 1. The maximum Gasteiger partial charge on any atom is 0.407 e. The number of fused-ring (bicyclic) bond motifs is 4. The average Bonchev–Trinajstić information content (AvgIpc) is 3.18. The van der Waals surface area contributed by atoms with Crippen molar-refractivity contribution in [2.24, 2.45) is 0 Å². The van der Waals surface area contributed by atoms with Gasteiger partial charge in [0.05, 0.1) is 12.1 Å². The molecule has 2 N–H and O–H groups in total. The predicted octanol–water partition coefficient (Wildman–Crippen LogP) is 5.43. The van der Waals surface area contributed by atoms with E-state index < -0.39 is 12.1 Å². The molecule has 0 radical (unpaired) electrons. The van der Waals surface area contributed by atoms with Crippen molar-refractivity contribution < 1.29 is 19.4 Å². The summed E-state index contributed by atoms with van der Waals surface area (Å²) in [6, 6.07) is 26.8. The molecular formula is C29H21NO4. The van der Waals surface area contributed by atoms with E-state index in [1.807, 2.05) is 36.4 Å². The van der Waals surface area contributed by atoms with Crippen LogP contribution in [-0.2, 0) is 4.74 Å². The molecule has 0 spiro atoms. The van der Waals surface area contributed by atoms with Gasteiger partial charge in [-0.15, -0.1) is 0 Å². The summed E-state index contributed by atoms with van der Waals surface area (Å²) in [5, 5.41) is 13.5. The molecule has 1 aliphatic carbocycles. The summed E-state index contributed by atoms with van der Waals surface area (Å²) in [6.07, 6.45) is -0.526. The number of nitrogens with one attached hydrogen (secondary N) is 1. The lowest BCUT2D eigenvalue weighted by Gasteiger charge is -2.14. The van der Waals surface area contributed by atoms with Crippen LogP contribution >= 0.6 is 0 Å². The van der Waals surface area contributed by atoms with E-state index in [1.165, 1.54) is 11.1 Å². The molecule has 0 bridgehead atoms. The Bertz CT molecular complexity index is 1430. The Kier molecular flexibility index (Phi) is 5.72. The standard InChI is InChI=1S/C29H21NO4/c31-28(32)26-16-6-14-20-19(8-5-15-21(20)26)9-7-17-30-29(33)34-18-27-24-12-3-1-10-22(24)23-11-2-4-13-25(23)27/h1-6,8,10-16,27H,17-18H2,(H,30,33)(H,31,32). The van der Waals surface area contributed by atoms with Gasteiger partial charge < -0.3 is 15.2 Å². The maximum atomic E-state index is 12.3. The quantitative estimate of drug-likeness (QED) is 0.409. The third kappa shape index (κ3) is 3.98. The summed E-state index contributed by atoms with van der Waals surface area (Å²) >= 11 is 0. The SMILES string of the molecule is O=C(NCC#Cc1cccc2c(C(=O)O)cccc12)OCC1c2ccccc2-c2ccccc21. The number of carboxylic acids is 1. The molecule has 5 heteroatoms. The maximum absolute atomic E-state index is 12.3. The lowest BCUT2D eigenvalue weighted by molar-refractivity contribution is 0.0699. The Labute approximate surface area is 197 Å². The zero-order chi connectivity index (χ0) is 23.5. The topological polar surface area (TPSA) is 75.6 Å². The third-order valence-corrected chi connectivity index (χ3v) is 6.04. The number of hydrogen-bond donors (Lipinski definition) is 2. The van der Waals surface area contributed by atoms with Gasteiger partial charge in [-0.2, -0.15) is 0 Å². The molecule has 0 heterocycles. The first kappa shape index (κ1) is 21.3. The van der Waals surface area contributed by atoms with E-state index in [4.69, 9.17) is 4.74 Å². The number of carbonyl (C=O) groups is 2. The van der Waals surface area contributed by atoms with Gasteiger partial charge in [0.25, 0.3) is 0 Å². The molecule has 4 aromatic carbocycles. The van der Waals surface area contributed by atoms with Crippen molar-refractivity contribution in [3.05, 3.63) is 107 Å². The highest BCUT2D eigenvalue weighted by atomic mass is 16.5. The highest BCUT2D eigenvalue weighted by Gasteiger charge is 2.28. The fraction of sp³-hybridized carbons (Fsp3) is 0.103. The summed E-state index contributed by atoms with van der Waals surface area (Å²) < 4.78 is 5.52. The lowest BCUT2D eigenvalue weighted by atomic mass is 9.98. The van der Waals surface area contributed by atoms with E-state index in [-0.39, 0.29) is 24.6 Å². The highest BCUT2D eigenvalue weighted by Crippen LogP contribution is 2.44. The second-order valence-electron chi connectivity index (χ2n) is 7.99. The second-order valence-corrected chi connectivity index (χ2v) is 7.99. The van der Waals surface area contributed by atoms with Crippen molar-refractivity contribution in [2.45, 2.75) is 5.92 Å². The molecule has 0 fully saturated rings. The number of rotatable bonds is 4. The van der Waals surface area contributed by atoms with E-state index in [0.29, 0.717) is 10.9 Å². The molecule has 0 saturated carbocycles. The first-order valence-corrected chi connectivity index (χ1v) is 11.0. The van der Waals surface area contributed by atoms with Crippen molar-refractivity contribution in [3.63, 3.8) is 0 Å². The molecule has 0 unspecified atom stereocenters. The third-order valence-electron chi connectivity index (χ3n) is 6.04. The Balaban J connectivity index is 1.23. The molecule has 4 aromatic rings. The van der Waals surface area contributed by atoms with Crippen LogP contribution in [0.3, 0.4) is 0 Å². The summed E-state index contributed by atoms with van der Waals surface area (Å²) in [7, 11) is 0. The van der Waals surface area contributed by atoms with Crippen molar-refractivity contribution >= 4 is 22.8 Å². The number of carbonyl (C=O) groups excluding carboxylic acids is 1. The van der Waals surface area contributed by atoms with Crippen LogP contribution in [0.2, 0.25) is 0 Å². The number of carboxylic acid groups (broad SMARTS) is 1. The number of benzene rings is 4. The predicted molar refractivity (Wildman–Crippen MR) is 131 cm³/mol. The van der Waals surface area contributed by atoms with Gasteiger partial charge in [0.1, 0.15) is 6.61 Å². The van der Waals surface area contributed by atoms with Gasteiger partial charge in [-0.3, -0.25) is 0 Å². The van der Waals surface area contributed by atoms with E-state index >= 15 is 0 Å². The van der Waals surface area contributed by atoms with E-state index in [9.17, 15) is 14.7 Å². The van der Waals surface area contributed by atoms with Gasteiger partial charge in [0.2, 0.25) is 0 Å². The summed E-state index contributed by atoms with van der Waals surface area (Å²) in [4.78, 5) is 23.8. The summed E-state index contributed by atoms with van der Waals surface area (Å²) in [6.45, 7) is 0.361. The van der Waals surface area contributed by atoms with E-state index in [2.05, 4.69) is 41.4 Å². The van der Waals surface area contributed by atoms with Gasteiger partial charge >= 0.3 is 12.1 Å². The van der Waals surface area contributed by atoms with Gasteiger partial charge in [-0.1, -0.05) is 84.6 Å².